The Labute approximate surface area is 239 Å². The summed E-state index contributed by atoms with van der Waals surface area (Å²) >= 11 is 0. The van der Waals surface area contributed by atoms with Crippen molar-refractivity contribution in [2.45, 2.75) is 116 Å². The molecule has 1 aromatic carbocycles. The van der Waals surface area contributed by atoms with Crippen molar-refractivity contribution in [3.63, 3.8) is 0 Å². The molecular formula is C33H49FN4O2. The number of hydrogen-bond donors (Lipinski definition) is 2. The van der Waals surface area contributed by atoms with Crippen LogP contribution in [0.25, 0.3) is 0 Å². The maximum Gasteiger partial charge on any atom is 0.323 e. The Kier molecular flexibility index (Phi) is 7.94. The fraction of sp³-hybridized carbons (Fsp3) is 0.697. The quantitative estimate of drug-likeness (QED) is 0.425. The SMILES string of the molecule is CCc1nn(CC)c2c1CCC21CCN(C(C)[C@H]2CC(NCC(C)(C)C)(C(=O)O)C[C@@H]2c2cccc(F)c2)CC1. The zero-order valence-electron chi connectivity index (χ0n) is 25.4. The maximum atomic E-state index is 14.4. The van der Waals surface area contributed by atoms with Crippen LogP contribution >= 0.6 is 0 Å². The van der Waals surface area contributed by atoms with E-state index in [1.807, 2.05) is 6.07 Å². The molecule has 4 atom stereocenters. The molecule has 2 fully saturated rings. The highest BCUT2D eigenvalue weighted by molar-refractivity contribution is 5.79. The van der Waals surface area contributed by atoms with Gasteiger partial charge in [0.05, 0.1) is 5.69 Å². The normalized spacial score (nSPS) is 27.3. The zero-order chi connectivity index (χ0) is 28.9. The van der Waals surface area contributed by atoms with Crippen LogP contribution in [0.2, 0.25) is 0 Å². The highest BCUT2D eigenvalue weighted by atomic mass is 19.1. The third kappa shape index (κ3) is 5.24. The lowest BCUT2D eigenvalue weighted by Gasteiger charge is -2.44. The second kappa shape index (κ2) is 10.9. The van der Waals surface area contributed by atoms with Crippen molar-refractivity contribution in [3.8, 4) is 0 Å². The Balaban J connectivity index is 1.39. The van der Waals surface area contributed by atoms with Gasteiger partial charge in [-0.25, -0.2) is 4.39 Å². The van der Waals surface area contributed by atoms with Gasteiger partial charge in [-0.05, 0) is 112 Å². The molecular weight excluding hydrogens is 503 g/mol. The fourth-order valence-corrected chi connectivity index (χ4v) is 8.11. The van der Waals surface area contributed by atoms with Crippen LogP contribution in [-0.4, -0.2) is 57.0 Å². The number of fused-ring (bicyclic) bond motifs is 2. The standard InChI is InChI=1S/C33H49FN4O2/c1-7-28-25-12-13-32(29(25)38(8-2)36-28)14-16-37(17-15-32)22(3)26-19-33(30(39)40,35-21-31(4,5)6)20-27(26)23-10-9-11-24(34)18-23/h9-11,18,22,26-27,35H,7-8,12-17,19-21H2,1-6H3,(H,39,40)/t22?,26-,27-,33?/m1/s1. The van der Waals surface area contributed by atoms with Gasteiger partial charge in [-0.2, -0.15) is 5.10 Å². The summed E-state index contributed by atoms with van der Waals surface area (Å²) in [5.41, 5.74) is 4.36. The van der Waals surface area contributed by atoms with Crippen LogP contribution in [0.4, 0.5) is 4.39 Å². The van der Waals surface area contributed by atoms with Gasteiger partial charge in [-0.1, -0.05) is 39.8 Å². The Morgan fingerprint density at radius 3 is 2.52 bits per heavy atom. The van der Waals surface area contributed by atoms with E-state index in [0.717, 1.165) is 50.9 Å². The fourth-order valence-electron chi connectivity index (χ4n) is 8.11. The summed E-state index contributed by atoms with van der Waals surface area (Å²) in [4.78, 5) is 15.4. The average molecular weight is 553 g/mol. The molecule has 2 heterocycles. The molecule has 1 saturated heterocycles. The van der Waals surface area contributed by atoms with Gasteiger partial charge in [0.15, 0.2) is 0 Å². The lowest BCUT2D eigenvalue weighted by molar-refractivity contribution is -0.145. The predicted molar refractivity (Wildman–Crippen MR) is 157 cm³/mol. The number of nitrogens with zero attached hydrogens (tertiary/aromatic N) is 3. The highest BCUT2D eigenvalue weighted by Crippen LogP contribution is 2.51. The van der Waals surface area contributed by atoms with E-state index in [2.05, 4.69) is 56.4 Å². The topological polar surface area (TPSA) is 70.4 Å². The van der Waals surface area contributed by atoms with Crippen molar-refractivity contribution in [2.75, 3.05) is 19.6 Å². The smallest absolute Gasteiger partial charge is 0.323 e. The summed E-state index contributed by atoms with van der Waals surface area (Å²) in [6, 6.07) is 7.04. The van der Waals surface area contributed by atoms with E-state index >= 15 is 0 Å². The lowest BCUT2D eigenvalue weighted by Crippen LogP contribution is -2.53. The van der Waals surface area contributed by atoms with E-state index in [1.165, 1.54) is 29.4 Å². The zero-order valence-corrected chi connectivity index (χ0v) is 25.4. The molecule has 2 aliphatic carbocycles. The molecule has 7 heteroatoms. The summed E-state index contributed by atoms with van der Waals surface area (Å²) in [5.74, 6) is -0.942. The van der Waals surface area contributed by atoms with Gasteiger partial charge in [0.1, 0.15) is 11.4 Å². The van der Waals surface area contributed by atoms with Gasteiger partial charge in [0.25, 0.3) is 0 Å². The Morgan fingerprint density at radius 2 is 1.93 bits per heavy atom. The van der Waals surface area contributed by atoms with E-state index < -0.39 is 11.5 Å². The van der Waals surface area contributed by atoms with Crippen molar-refractivity contribution < 1.29 is 14.3 Å². The molecule has 1 aromatic heterocycles. The van der Waals surface area contributed by atoms with Crippen molar-refractivity contribution in [2.24, 2.45) is 11.3 Å². The third-order valence-electron chi connectivity index (χ3n) is 10.4. The second-order valence-corrected chi connectivity index (χ2v) is 14.0. The molecule has 2 N–H and O–H groups in total. The van der Waals surface area contributed by atoms with E-state index in [1.54, 1.807) is 12.1 Å². The molecule has 1 aliphatic heterocycles. The summed E-state index contributed by atoms with van der Waals surface area (Å²) in [7, 11) is 0. The summed E-state index contributed by atoms with van der Waals surface area (Å²) in [6.45, 7) is 16.6. The van der Waals surface area contributed by atoms with Gasteiger partial charge in [0.2, 0.25) is 0 Å². The molecule has 2 unspecified atom stereocenters. The minimum atomic E-state index is -1.01. The molecule has 0 amide bonds. The van der Waals surface area contributed by atoms with Crippen molar-refractivity contribution in [1.29, 1.82) is 0 Å². The Hall–Kier alpha value is -2.25. The number of nitrogens with one attached hydrogen (secondary N) is 1. The van der Waals surface area contributed by atoms with Crippen molar-refractivity contribution in [3.05, 3.63) is 52.6 Å². The number of aryl methyl sites for hydroxylation is 2. The summed E-state index contributed by atoms with van der Waals surface area (Å²) in [5, 5.41) is 19.0. The van der Waals surface area contributed by atoms with Crippen LogP contribution in [0.15, 0.2) is 24.3 Å². The molecule has 5 rings (SSSR count). The highest BCUT2D eigenvalue weighted by Gasteiger charge is 2.54. The number of halogens is 1. The number of benzene rings is 1. The number of likely N-dealkylation sites (tertiary alicyclic amines) is 1. The first-order valence-electron chi connectivity index (χ1n) is 15.5. The van der Waals surface area contributed by atoms with Crippen molar-refractivity contribution in [1.82, 2.24) is 20.0 Å². The molecule has 3 aliphatic rings. The lowest BCUT2D eigenvalue weighted by atomic mass is 9.75. The first-order chi connectivity index (χ1) is 18.9. The second-order valence-electron chi connectivity index (χ2n) is 14.0. The van der Waals surface area contributed by atoms with Crippen molar-refractivity contribution >= 4 is 5.97 Å². The third-order valence-corrected chi connectivity index (χ3v) is 10.4. The number of carboxylic acids is 1. The van der Waals surface area contributed by atoms with E-state index in [-0.39, 0.29) is 34.5 Å². The minimum absolute atomic E-state index is 0.0168. The molecule has 1 saturated carbocycles. The van der Waals surface area contributed by atoms with Crippen LogP contribution < -0.4 is 5.32 Å². The number of hydrogen-bond acceptors (Lipinski definition) is 4. The number of aliphatic carboxylic acids is 1. The van der Waals surface area contributed by atoms with Gasteiger partial charge < -0.3 is 15.3 Å². The minimum Gasteiger partial charge on any atom is -0.480 e. The van der Waals surface area contributed by atoms with Gasteiger partial charge in [0, 0.05) is 30.2 Å². The van der Waals surface area contributed by atoms with Gasteiger partial charge in [-0.3, -0.25) is 9.48 Å². The molecule has 1 spiro atoms. The van der Waals surface area contributed by atoms with E-state index in [4.69, 9.17) is 5.10 Å². The predicted octanol–water partition coefficient (Wildman–Crippen LogP) is 5.93. The van der Waals surface area contributed by atoms with E-state index in [9.17, 15) is 14.3 Å². The van der Waals surface area contributed by atoms with Gasteiger partial charge in [-0.15, -0.1) is 0 Å². The number of aromatic nitrogens is 2. The molecule has 2 aromatic rings. The molecule has 40 heavy (non-hydrogen) atoms. The number of rotatable bonds is 8. The molecule has 0 radical (unpaired) electrons. The molecule has 6 nitrogen and oxygen atoms in total. The Bertz CT molecular complexity index is 1230. The first-order valence-corrected chi connectivity index (χ1v) is 15.5. The number of piperidine rings is 1. The molecule has 0 bridgehead atoms. The number of carbonyl (C=O) groups is 1. The first kappa shape index (κ1) is 29.2. The van der Waals surface area contributed by atoms with Crippen LogP contribution in [0.1, 0.15) is 102 Å². The van der Waals surface area contributed by atoms with Crippen LogP contribution in [-0.2, 0) is 29.6 Å². The maximum absolute atomic E-state index is 14.4. The van der Waals surface area contributed by atoms with E-state index in [0.29, 0.717) is 19.4 Å². The summed E-state index contributed by atoms with van der Waals surface area (Å²) in [6.07, 6.45) is 6.60. The van der Waals surface area contributed by atoms with Crippen LogP contribution in [0.3, 0.4) is 0 Å². The average Bonchev–Trinajstić information content (AvgIpc) is 3.60. The van der Waals surface area contributed by atoms with Crippen LogP contribution in [0, 0.1) is 17.2 Å². The largest absolute Gasteiger partial charge is 0.480 e. The van der Waals surface area contributed by atoms with Crippen LogP contribution in [0.5, 0.6) is 0 Å². The number of carboxylic acid groups (broad SMARTS) is 1. The Morgan fingerprint density at radius 1 is 1.20 bits per heavy atom. The van der Waals surface area contributed by atoms with Gasteiger partial charge >= 0.3 is 5.97 Å². The monoisotopic (exact) mass is 552 g/mol. The summed E-state index contributed by atoms with van der Waals surface area (Å²) < 4.78 is 16.7. The molecule has 220 valence electrons.